The van der Waals surface area contributed by atoms with Crippen molar-refractivity contribution in [3.8, 4) is 0 Å². The van der Waals surface area contributed by atoms with Gasteiger partial charge in [-0.05, 0) is 20.8 Å². The van der Waals surface area contributed by atoms with Crippen LogP contribution in [0.1, 0.15) is 20.8 Å². The van der Waals surface area contributed by atoms with Crippen LogP contribution in [0.2, 0.25) is 0 Å². The monoisotopic (exact) mass is 217 g/mol. The maximum Gasteiger partial charge on any atom is 0.415 e. The minimum absolute atomic E-state index is 0.133. The number of cyclic esters (lactones) is 1. The standard InChI is InChI=1S/C9H15NO5/c1-9(2,3)15-8(12)10-5-14-7(11)6(10)13-4/h6H,5H2,1-4H3. The van der Waals surface area contributed by atoms with E-state index in [2.05, 4.69) is 4.74 Å². The molecule has 86 valence electrons. The van der Waals surface area contributed by atoms with E-state index in [9.17, 15) is 9.59 Å². The molecule has 0 N–H and O–H groups in total. The lowest BCUT2D eigenvalue weighted by Crippen LogP contribution is -2.42. The number of methoxy groups -OCH3 is 1. The zero-order valence-corrected chi connectivity index (χ0v) is 9.27. The number of carbonyl (C=O) groups excluding carboxylic acids is 2. The van der Waals surface area contributed by atoms with Crippen molar-refractivity contribution >= 4 is 12.1 Å². The van der Waals surface area contributed by atoms with Crippen LogP contribution in [0.5, 0.6) is 0 Å². The predicted molar refractivity (Wildman–Crippen MR) is 49.8 cm³/mol. The Morgan fingerprint density at radius 1 is 1.53 bits per heavy atom. The Morgan fingerprint density at radius 3 is 2.60 bits per heavy atom. The molecule has 0 aromatic heterocycles. The second kappa shape index (κ2) is 4.06. The third kappa shape index (κ3) is 2.82. The van der Waals surface area contributed by atoms with Gasteiger partial charge in [0, 0.05) is 7.11 Å². The van der Waals surface area contributed by atoms with Crippen LogP contribution in [-0.2, 0) is 19.0 Å². The van der Waals surface area contributed by atoms with E-state index in [1.165, 1.54) is 7.11 Å². The van der Waals surface area contributed by atoms with Gasteiger partial charge < -0.3 is 14.2 Å². The molecule has 1 atom stereocenters. The zero-order valence-electron chi connectivity index (χ0n) is 9.27. The lowest BCUT2D eigenvalue weighted by molar-refractivity contribution is -0.147. The van der Waals surface area contributed by atoms with E-state index in [1.54, 1.807) is 20.8 Å². The maximum atomic E-state index is 11.6. The average molecular weight is 217 g/mol. The highest BCUT2D eigenvalue weighted by molar-refractivity contribution is 5.82. The Labute approximate surface area is 88.1 Å². The third-order valence-electron chi connectivity index (χ3n) is 1.68. The number of amides is 1. The quantitative estimate of drug-likeness (QED) is 0.605. The lowest BCUT2D eigenvalue weighted by Gasteiger charge is -2.24. The average Bonchev–Trinajstić information content (AvgIpc) is 2.43. The summed E-state index contributed by atoms with van der Waals surface area (Å²) >= 11 is 0. The topological polar surface area (TPSA) is 65.1 Å². The van der Waals surface area contributed by atoms with Gasteiger partial charge in [0.25, 0.3) is 0 Å². The molecule has 0 spiro atoms. The Morgan fingerprint density at radius 2 is 2.13 bits per heavy atom. The molecule has 15 heavy (non-hydrogen) atoms. The molecule has 0 aromatic rings. The summed E-state index contributed by atoms with van der Waals surface area (Å²) in [6.07, 6.45) is -1.62. The normalized spacial score (nSPS) is 21.5. The predicted octanol–water partition coefficient (Wildman–Crippen LogP) is 0.710. The van der Waals surface area contributed by atoms with Crippen molar-refractivity contribution < 1.29 is 23.8 Å². The fourth-order valence-electron chi connectivity index (χ4n) is 1.09. The molecule has 1 fully saturated rings. The van der Waals surface area contributed by atoms with Gasteiger partial charge >= 0.3 is 12.1 Å². The summed E-state index contributed by atoms with van der Waals surface area (Å²) < 4.78 is 14.6. The van der Waals surface area contributed by atoms with E-state index >= 15 is 0 Å². The van der Waals surface area contributed by atoms with Gasteiger partial charge in [-0.3, -0.25) is 0 Å². The second-order valence-electron chi connectivity index (χ2n) is 4.13. The van der Waals surface area contributed by atoms with Crippen LogP contribution in [0, 0.1) is 0 Å². The van der Waals surface area contributed by atoms with E-state index in [0.717, 1.165) is 4.90 Å². The van der Waals surface area contributed by atoms with Crippen molar-refractivity contribution in [2.75, 3.05) is 13.8 Å². The molecule has 0 radical (unpaired) electrons. The highest BCUT2D eigenvalue weighted by atomic mass is 16.6. The van der Waals surface area contributed by atoms with E-state index in [-0.39, 0.29) is 6.73 Å². The van der Waals surface area contributed by atoms with Crippen molar-refractivity contribution in [1.29, 1.82) is 0 Å². The molecule has 1 amide bonds. The number of esters is 1. The molecule has 1 rings (SSSR count). The summed E-state index contributed by atoms with van der Waals surface area (Å²) in [6.45, 7) is 5.09. The second-order valence-corrected chi connectivity index (χ2v) is 4.13. The van der Waals surface area contributed by atoms with Crippen molar-refractivity contribution in [3.63, 3.8) is 0 Å². The van der Waals surface area contributed by atoms with Crippen LogP contribution in [0.25, 0.3) is 0 Å². The maximum absolute atomic E-state index is 11.6. The van der Waals surface area contributed by atoms with Gasteiger partial charge in [0.2, 0.25) is 6.23 Å². The van der Waals surface area contributed by atoms with E-state index in [4.69, 9.17) is 9.47 Å². The van der Waals surface area contributed by atoms with E-state index < -0.39 is 23.9 Å². The van der Waals surface area contributed by atoms with Crippen molar-refractivity contribution in [2.45, 2.75) is 32.6 Å². The van der Waals surface area contributed by atoms with Gasteiger partial charge in [0.05, 0.1) is 0 Å². The highest BCUT2D eigenvalue weighted by Crippen LogP contribution is 2.16. The summed E-state index contributed by atoms with van der Waals surface area (Å²) in [4.78, 5) is 23.7. The van der Waals surface area contributed by atoms with Gasteiger partial charge in [0.15, 0.2) is 6.73 Å². The van der Waals surface area contributed by atoms with Crippen LogP contribution in [0.4, 0.5) is 4.79 Å². The van der Waals surface area contributed by atoms with E-state index in [1.807, 2.05) is 0 Å². The largest absolute Gasteiger partial charge is 0.444 e. The molecule has 6 nitrogen and oxygen atoms in total. The smallest absolute Gasteiger partial charge is 0.415 e. The first kappa shape index (κ1) is 11.8. The minimum atomic E-state index is -1.00. The Bertz CT molecular complexity index is 270. The van der Waals surface area contributed by atoms with Gasteiger partial charge in [-0.15, -0.1) is 0 Å². The Hall–Kier alpha value is -1.30. The first-order valence-electron chi connectivity index (χ1n) is 4.54. The first-order chi connectivity index (χ1) is 6.85. The summed E-state index contributed by atoms with van der Waals surface area (Å²) in [5, 5.41) is 0. The molecule has 6 heteroatoms. The van der Waals surface area contributed by atoms with Crippen molar-refractivity contribution in [1.82, 2.24) is 4.90 Å². The molecule has 0 saturated carbocycles. The van der Waals surface area contributed by atoms with Crippen LogP contribution in [0.15, 0.2) is 0 Å². The minimum Gasteiger partial charge on any atom is -0.444 e. The summed E-state index contributed by atoms with van der Waals surface area (Å²) in [5.74, 6) is -0.580. The van der Waals surface area contributed by atoms with Crippen molar-refractivity contribution in [3.05, 3.63) is 0 Å². The molecule has 1 unspecified atom stereocenters. The molecule has 0 aromatic carbocycles. The van der Waals surface area contributed by atoms with Crippen LogP contribution < -0.4 is 0 Å². The Kier molecular flexibility index (Phi) is 3.18. The van der Waals surface area contributed by atoms with Gasteiger partial charge in [0.1, 0.15) is 5.60 Å². The Balaban J connectivity index is 2.64. The number of nitrogens with zero attached hydrogens (tertiary/aromatic N) is 1. The third-order valence-corrected chi connectivity index (χ3v) is 1.68. The summed E-state index contributed by atoms with van der Waals surface area (Å²) in [6, 6.07) is 0. The SMILES string of the molecule is COC1C(=O)OCN1C(=O)OC(C)(C)C. The lowest BCUT2D eigenvalue weighted by atomic mass is 10.2. The van der Waals surface area contributed by atoms with Crippen LogP contribution >= 0.6 is 0 Å². The zero-order chi connectivity index (χ0) is 11.6. The molecule has 1 saturated heterocycles. The molecular formula is C9H15NO5. The number of hydrogen-bond acceptors (Lipinski definition) is 5. The molecular weight excluding hydrogens is 202 g/mol. The van der Waals surface area contributed by atoms with Gasteiger partial charge in [-0.25, -0.2) is 14.5 Å². The van der Waals surface area contributed by atoms with Gasteiger partial charge in [-0.1, -0.05) is 0 Å². The van der Waals surface area contributed by atoms with E-state index in [0.29, 0.717) is 0 Å². The molecule has 1 aliphatic heterocycles. The molecule has 0 aliphatic carbocycles. The highest BCUT2D eigenvalue weighted by Gasteiger charge is 2.40. The fourth-order valence-corrected chi connectivity index (χ4v) is 1.09. The summed E-state index contributed by atoms with van der Waals surface area (Å²) in [5.41, 5.74) is -0.610. The number of hydrogen-bond donors (Lipinski definition) is 0. The number of ether oxygens (including phenoxy) is 3. The van der Waals surface area contributed by atoms with Crippen LogP contribution in [0.3, 0.4) is 0 Å². The summed E-state index contributed by atoms with van der Waals surface area (Å²) in [7, 11) is 1.33. The first-order valence-corrected chi connectivity index (χ1v) is 4.54. The van der Waals surface area contributed by atoms with Crippen molar-refractivity contribution in [2.24, 2.45) is 0 Å². The molecule has 0 bridgehead atoms. The van der Waals surface area contributed by atoms with Gasteiger partial charge in [-0.2, -0.15) is 0 Å². The van der Waals surface area contributed by atoms with Crippen LogP contribution in [-0.4, -0.2) is 42.6 Å². The molecule has 1 aliphatic rings. The molecule has 1 heterocycles. The number of carbonyl (C=O) groups is 2. The number of rotatable bonds is 1. The fraction of sp³-hybridized carbons (Fsp3) is 0.778.